The molecule has 8 nitrogen and oxygen atoms in total. The number of ether oxygens (including phenoxy) is 2. The fraction of sp³-hybridized carbons (Fsp3) is 0.368. The van der Waals surface area contributed by atoms with Crippen molar-refractivity contribution in [1.29, 1.82) is 0 Å². The Kier molecular flexibility index (Phi) is 7.10. The van der Waals surface area contributed by atoms with Crippen LogP contribution in [0.15, 0.2) is 46.1 Å². The van der Waals surface area contributed by atoms with Gasteiger partial charge in [-0.1, -0.05) is 19.9 Å². The van der Waals surface area contributed by atoms with E-state index in [4.69, 9.17) is 9.47 Å². The molecule has 0 fully saturated rings. The van der Waals surface area contributed by atoms with Gasteiger partial charge in [0.1, 0.15) is 11.5 Å². The maximum Gasteiger partial charge on any atom is 0.328 e. The molecule has 0 atom stereocenters. The number of carbonyl (C=O) groups excluding carboxylic acids is 2. The number of nitrogens with zero attached hydrogens (tertiary/aromatic N) is 1. The molecule has 0 aliphatic rings. The molecule has 1 aromatic heterocycles. The summed E-state index contributed by atoms with van der Waals surface area (Å²) in [6.45, 7) is 4.11. The molecule has 27 heavy (non-hydrogen) atoms. The Morgan fingerprint density at radius 1 is 1.04 bits per heavy atom. The fourth-order valence-electron chi connectivity index (χ4n) is 2.20. The second kappa shape index (κ2) is 9.51. The minimum atomic E-state index is -0.592. The quantitative estimate of drug-likeness (QED) is 0.558. The minimum absolute atomic E-state index is 0.0651. The first-order valence-corrected chi connectivity index (χ1v) is 8.64. The molecule has 2 aromatic rings. The predicted octanol–water partition coefficient (Wildman–Crippen LogP) is 1.87. The number of esters is 2. The molecule has 0 aliphatic heterocycles. The number of nitrogens with one attached hydrogen (secondary N) is 1. The number of aromatic amines is 1. The lowest BCUT2D eigenvalue weighted by atomic mass is 10.1. The molecule has 0 unspecified atom stereocenters. The first-order valence-electron chi connectivity index (χ1n) is 8.64. The largest absolute Gasteiger partial charge is 0.426 e. The molecule has 0 saturated heterocycles. The number of carbonyl (C=O) groups is 2. The molecule has 0 amide bonds. The molecule has 0 bridgehead atoms. The van der Waals surface area contributed by atoms with Crippen LogP contribution in [0.2, 0.25) is 0 Å². The van der Waals surface area contributed by atoms with Gasteiger partial charge in [-0.25, -0.2) is 4.79 Å². The van der Waals surface area contributed by atoms with Crippen LogP contribution in [0.4, 0.5) is 0 Å². The minimum Gasteiger partial charge on any atom is -0.426 e. The lowest BCUT2D eigenvalue weighted by molar-refractivity contribution is -0.135. The molecule has 1 N–H and O–H groups in total. The van der Waals surface area contributed by atoms with E-state index in [2.05, 4.69) is 4.98 Å². The Hall–Kier alpha value is -3.16. The summed E-state index contributed by atoms with van der Waals surface area (Å²) in [5.41, 5.74) is -1.09. The SMILES string of the molecule is CC(C)CCC(=O)Oc1cccc(OC(=O)CCn2ccc(=O)[nH]c2=O)c1. The van der Waals surface area contributed by atoms with Crippen molar-refractivity contribution in [3.05, 3.63) is 57.4 Å². The maximum atomic E-state index is 12.0. The summed E-state index contributed by atoms with van der Waals surface area (Å²) in [6, 6.07) is 7.43. The van der Waals surface area contributed by atoms with Crippen molar-refractivity contribution in [1.82, 2.24) is 9.55 Å². The number of H-pyrrole nitrogens is 1. The third-order valence-electron chi connectivity index (χ3n) is 3.65. The first-order chi connectivity index (χ1) is 12.8. The van der Waals surface area contributed by atoms with Crippen LogP contribution in [0.1, 0.15) is 33.1 Å². The van der Waals surface area contributed by atoms with E-state index in [-0.39, 0.29) is 24.7 Å². The van der Waals surface area contributed by atoms with Crippen molar-refractivity contribution in [3.8, 4) is 11.5 Å². The van der Waals surface area contributed by atoms with Gasteiger partial charge in [-0.2, -0.15) is 0 Å². The van der Waals surface area contributed by atoms with Crippen LogP contribution in [0, 0.1) is 5.92 Å². The van der Waals surface area contributed by atoms with Crippen LogP contribution in [0.5, 0.6) is 11.5 Å². The van der Waals surface area contributed by atoms with E-state index in [0.717, 1.165) is 6.42 Å². The third kappa shape index (κ3) is 6.93. The maximum absolute atomic E-state index is 12.0. The van der Waals surface area contributed by atoms with Gasteiger partial charge < -0.3 is 14.0 Å². The summed E-state index contributed by atoms with van der Waals surface area (Å²) in [7, 11) is 0. The average molecular weight is 374 g/mol. The number of rotatable bonds is 8. The van der Waals surface area contributed by atoms with Crippen LogP contribution in [0.3, 0.4) is 0 Å². The van der Waals surface area contributed by atoms with Crippen molar-refractivity contribution in [2.75, 3.05) is 0 Å². The number of aryl methyl sites for hydroxylation is 1. The van der Waals surface area contributed by atoms with Crippen molar-refractivity contribution in [2.24, 2.45) is 5.92 Å². The second-order valence-corrected chi connectivity index (χ2v) is 6.41. The number of hydrogen-bond donors (Lipinski definition) is 1. The van der Waals surface area contributed by atoms with Crippen LogP contribution in [-0.2, 0) is 16.1 Å². The highest BCUT2D eigenvalue weighted by Crippen LogP contribution is 2.20. The molecule has 1 heterocycles. The van der Waals surface area contributed by atoms with Crippen LogP contribution in [-0.4, -0.2) is 21.5 Å². The van der Waals surface area contributed by atoms with Gasteiger partial charge in [0, 0.05) is 31.3 Å². The highest BCUT2D eigenvalue weighted by atomic mass is 16.5. The summed E-state index contributed by atoms with van der Waals surface area (Å²) >= 11 is 0. The molecule has 2 rings (SSSR count). The van der Waals surface area contributed by atoms with E-state index in [0.29, 0.717) is 18.1 Å². The number of benzene rings is 1. The van der Waals surface area contributed by atoms with Crippen molar-refractivity contribution in [2.45, 2.75) is 39.7 Å². The molecule has 8 heteroatoms. The highest BCUT2D eigenvalue weighted by molar-refractivity contribution is 5.74. The molecular formula is C19H22N2O6. The van der Waals surface area contributed by atoms with E-state index in [1.165, 1.54) is 22.9 Å². The number of aromatic nitrogens is 2. The third-order valence-corrected chi connectivity index (χ3v) is 3.65. The average Bonchev–Trinajstić information content (AvgIpc) is 2.59. The van der Waals surface area contributed by atoms with Gasteiger partial charge in [0.05, 0.1) is 6.42 Å². The molecule has 144 valence electrons. The molecule has 0 spiro atoms. The van der Waals surface area contributed by atoms with Gasteiger partial charge >= 0.3 is 17.6 Å². The van der Waals surface area contributed by atoms with Crippen molar-refractivity contribution in [3.63, 3.8) is 0 Å². The monoisotopic (exact) mass is 374 g/mol. The summed E-state index contributed by atoms with van der Waals surface area (Å²) in [6.07, 6.45) is 2.29. The van der Waals surface area contributed by atoms with E-state index in [1.807, 2.05) is 13.8 Å². The lowest BCUT2D eigenvalue weighted by Gasteiger charge is -2.09. The summed E-state index contributed by atoms with van der Waals surface area (Å²) in [4.78, 5) is 48.4. The second-order valence-electron chi connectivity index (χ2n) is 6.41. The standard InChI is InChI=1S/C19H22N2O6/c1-13(2)6-7-17(23)26-14-4-3-5-15(12-14)27-18(24)9-11-21-10-8-16(22)20-19(21)25/h3-5,8,10,12-13H,6-7,9,11H2,1-2H3,(H,20,22,25). The van der Waals surface area contributed by atoms with Gasteiger partial charge in [-0.15, -0.1) is 0 Å². The molecule has 1 aromatic carbocycles. The lowest BCUT2D eigenvalue weighted by Crippen LogP contribution is -2.29. The van der Waals surface area contributed by atoms with Gasteiger partial charge in [-0.3, -0.25) is 19.4 Å². The Bertz CT molecular complexity index is 913. The zero-order valence-electron chi connectivity index (χ0n) is 15.3. The van der Waals surface area contributed by atoms with E-state index in [9.17, 15) is 19.2 Å². The fourth-order valence-corrected chi connectivity index (χ4v) is 2.20. The van der Waals surface area contributed by atoms with Gasteiger partial charge in [0.25, 0.3) is 5.56 Å². The molecule has 0 saturated carbocycles. The van der Waals surface area contributed by atoms with Crippen LogP contribution < -0.4 is 20.7 Å². The van der Waals surface area contributed by atoms with Crippen LogP contribution >= 0.6 is 0 Å². The predicted molar refractivity (Wildman–Crippen MR) is 97.7 cm³/mol. The van der Waals surface area contributed by atoms with E-state index in [1.54, 1.807) is 18.2 Å². The first kappa shape index (κ1) is 20.2. The Labute approximate surface area is 155 Å². The van der Waals surface area contributed by atoms with Crippen molar-refractivity contribution >= 4 is 11.9 Å². The number of hydrogen-bond acceptors (Lipinski definition) is 6. The smallest absolute Gasteiger partial charge is 0.328 e. The Morgan fingerprint density at radius 3 is 2.26 bits per heavy atom. The molecule has 0 radical (unpaired) electrons. The molecular weight excluding hydrogens is 352 g/mol. The summed E-state index contributed by atoms with van der Waals surface area (Å²) in [5.74, 6) is 0.0367. The topological polar surface area (TPSA) is 107 Å². The zero-order chi connectivity index (χ0) is 19.8. The highest BCUT2D eigenvalue weighted by Gasteiger charge is 2.10. The van der Waals surface area contributed by atoms with E-state index >= 15 is 0 Å². The zero-order valence-corrected chi connectivity index (χ0v) is 15.3. The van der Waals surface area contributed by atoms with Gasteiger partial charge in [0.15, 0.2) is 0 Å². The Morgan fingerprint density at radius 2 is 1.67 bits per heavy atom. The summed E-state index contributed by atoms with van der Waals surface area (Å²) in [5, 5.41) is 0. The normalized spacial score (nSPS) is 10.6. The van der Waals surface area contributed by atoms with Crippen molar-refractivity contribution < 1.29 is 19.1 Å². The Balaban J connectivity index is 1.89. The molecule has 0 aliphatic carbocycles. The van der Waals surface area contributed by atoms with E-state index < -0.39 is 17.2 Å². The van der Waals surface area contributed by atoms with Crippen LogP contribution in [0.25, 0.3) is 0 Å². The van der Waals surface area contributed by atoms with Gasteiger partial charge in [0.2, 0.25) is 0 Å². The van der Waals surface area contributed by atoms with Gasteiger partial charge in [-0.05, 0) is 24.5 Å². The summed E-state index contributed by atoms with van der Waals surface area (Å²) < 4.78 is 11.6.